The monoisotopic (exact) mass is 279 g/mol. The molecule has 0 atom stereocenters. The quantitative estimate of drug-likeness (QED) is 0.485. The highest BCUT2D eigenvalue weighted by molar-refractivity contribution is 6.32. The Balaban J connectivity index is 2.28. The minimum atomic E-state index is -0.570. The van der Waals surface area contributed by atoms with Crippen LogP contribution in [-0.4, -0.2) is 21.2 Å². The normalized spacial score (nSPS) is 9.95. The third-order valence-corrected chi connectivity index (χ3v) is 2.42. The van der Waals surface area contributed by atoms with Crippen molar-refractivity contribution < 1.29 is 14.5 Å². The van der Waals surface area contributed by atoms with E-state index in [2.05, 4.69) is 9.97 Å². The molecule has 0 aliphatic carbocycles. The Morgan fingerprint density at radius 3 is 2.58 bits per heavy atom. The van der Waals surface area contributed by atoms with Gasteiger partial charge in [-0.15, -0.1) is 0 Å². The van der Waals surface area contributed by atoms with Crippen LogP contribution in [0.2, 0.25) is 5.02 Å². The zero-order chi connectivity index (χ0) is 13.8. The Morgan fingerprint density at radius 1 is 1.32 bits per heavy atom. The van der Waals surface area contributed by atoms with Crippen LogP contribution < -0.4 is 4.74 Å². The lowest BCUT2D eigenvalue weighted by Crippen LogP contribution is -1.95. The van der Waals surface area contributed by atoms with Gasteiger partial charge in [-0.2, -0.15) is 0 Å². The van der Waals surface area contributed by atoms with Gasteiger partial charge in [0.15, 0.2) is 12.0 Å². The van der Waals surface area contributed by atoms with E-state index in [4.69, 9.17) is 16.3 Å². The van der Waals surface area contributed by atoms with Crippen molar-refractivity contribution in [3.05, 3.63) is 51.3 Å². The fourth-order valence-electron chi connectivity index (χ4n) is 1.22. The lowest BCUT2D eigenvalue weighted by atomic mass is 10.3. The predicted octanol–water partition coefficient (Wildman–Crippen LogP) is 2.64. The minimum Gasteiger partial charge on any atom is -0.422 e. The summed E-state index contributed by atoms with van der Waals surface area (Å²) in [6, 6.07) is 3.70. The number of aldehydes is 1. The van der Waals surface area contributed by atoms with E-state index in [-0.39, 0.29) is 28.0 Å². The van der Waals surface area contributed by atoms with E-state index in [0.29, 0.717) is 6.29 Å². The van der Waals surface area contributed by atoms with E-state index in [9.17, 15) is 14.9 Å². The van der Waals surface area contributed by atoms with Crippen LogP contribution in [0.5, 0.6) is 11.8 Å². The molecule has 1 aromatic heterocycles. The summed E-state index contributed by atoms with van der Waals surface area (Å²) in [6.07, 6.45) is 3.12. The van der Waals surface area contributed by atoms with Crippen LogP contribution in [0.3, 0.4) is 0 Å². The van der Waals surface area contributed by atoms with Crippen molar-refractivity contribution in [3.63, 3.8) is 0 Å². The van der Waals surface area contributed by atoms with Crippen LogP contribution in [0.15, 0.2) is 30.6 Å². The van der Waals surface area contributed by atoms with Crippen LogP contribution in [-0.2, 0) is 0 Å². The van der Waals surface area contributed by atoms with Crippen molar-refractivity contribution in [1.82, 2.24) is 9.97 Å². The van der Waals surface area contributed by atoms with Crippen LogP contribution in [0, 0.1) is 10.1 Å². The number of rotatable bonds is 4. The molecule has 2 aromatic rings. The minimum absolute atomic E-state index is 0.0620. The first kappa shape index (κ1) is 12.9. The summed E-state index contributed by atoms with van der Waals surface area (Å²) < 4.78 is 5.22. The van der Waals surface area contributed by atoms with Gasteiger partial charge in [-0.05, 0) is 6.07 Å². The zero-order valence-corrected chi connectivity index (χ0v) is 10.1. The lowest BCUT2D eigenvalue weighted by molar-refractivity contribution is -0.384. The summed E-state index contributed by atoms with van der Waals surface area (Å²) in [7, 11) is 0. The average Bonchev–Trinajstić information content (AvgIpc) is 2.42. The van der Waals surface area contributed by atoms with Gasteiger partial charge in [0.25, 0.3) is 5.69 Å². The average molecular weight is 280 g/mol. The molecule has 0 spiro atoms. The molecule has 0 aliphatic heterocycles. The summed E-state index contributed by atoms with van der Waals surface area (Å²) in [4.78, 5) is 28.0. The first-order valence-electron chi connectivity index (χ1n) is 4.99. The molecule has 0 saturated carbocycles. The number of benzene rings is 1. The van der Waals surface area contributed by atoms with Gasteiger partial charge in [0.05, 0.1) is 21.6 Å². The largest absolute Gasteiger partial charge is 0.422 e. The Labute approximate surface area is 112 Å². The molecule has 0 bridgehead atoms. The van der Waals surface area contributed by atoms with Gasteiger partial charge in [-0.3, -0.25) is 14.9 Å². The fraction of sp³-hybridized carbons (Fsp3) is 0. The molecule has 0 radical (unpaired) electrons. The summed E-state index contributed by atoms with van der Waals surface area (Å²) in [6.45, 7) is 0. The van der Waals surface area contributed by atoms with Crippen molar-refractivity contribution in [2.75, 3.05) is 0 Å². The number of hydrogen-bond acceptors (Lipinski definition) is 6. The Hall–Kier alpha value is -2.54. The molecule has 1 aromatic carbocycles. The second-order valence-corrected chi connectivity index (χ2v) is 3.80. The third-order valence-electron chi connectivity index (χ3n) is 2.11. The Kier molecular flexibility index (Phi) is 3.67. The lowest BCUT2D eigenvalue weighted by Gasteiger charge is -2.05. The molecule has 2 rings (SSSR count). The van der Waals surface area contributed by atoms with Crippen molar-refractivity contribution in [2.45, 2.75) is 0 Å². The van der Waals surface area contributed by atoms with E-state index >= 15 is 0 Å². The number of carbonyl (C=O) groups excluding carboxylic acids is 1. The summed E-state index contributed by atoms with van der Waals surface area (Å²) in [5.41, 5.74) is 0.126. The maximum absolute atomic E-state index is 10.6. The summed E-state index contributed by atoms with van der Waals surface area (Å²) >= 11 is 5.85. The van der Waals surface area contributed by atoms with E-state index < -0.39 is 4.92 Å². The molecule has 8 heteroatoms. The van der Waals surface area contributed by atoms with E-state index in [1.807, 2.05) is 0 Å². The topological polar surface area (TPSA) is 95.2 Å². The molecule has 7 nitrogen and oxygen atoms in total. The summed E-state index contributed by atoms with van der Waals surface area (Å²) in [5.74, 6) is 0.0646. The third kappa shape index (κ3) is 3.02. The molecule has 0 saturated heterocycles. The molecule has 19 heavy (non-hydrogen) atoms. The number of aromatic nitrogens is 2. The zero-order valence-electron chi connectivity index (χ0n) is 9.32. The van der Waals surface area contributed by atoms with Crippen molar-refractivity contribution in [2.24, 2.45) is 0 Å². The van der Waals surface area contributed by atoms with Gasteiger partial charge in [-0.25, -0.2) is 9.97 Å². The first-order chi connectivity index (χ1) is 9.10. The van der Waals surface area contributed by atoms with Crippen molar-refractivity contribution in [1.29, 1.82) is 0 Å². The van der Waals surface area contributed by atoms with Gasteiger partial charge in [-0.1, -0.05) is 11.6 Å². The number of halogens is 1. The van der Waals surface area contributed by atoms with E-state index in [1.165, 1.54) is 30.6 Å². The highest BCUT2D eigenvalue weighted by atomic mass is 35.5. The molecule has 96 valence electrons. The van der Waals surface area contributed by atoms with Crippen LogP contribution in [0.1, 0.15) is 10.4 Å². The second kappa shape index (κ2) is 5.40. The highest BCUT2D eigenvalue weighted by Crippen LogP contribution is 2.31. The SMILES string of the molecule is O=Cc1cnc(Oc2cc([N+](=O)[O-])ccc2Cl)nc1. The van der Waals surface area contributed by atoms with Crippen molar-refractivity contribution in [3.8, 4) is 11.8 Å². The van der Waals surface area contributed by atoms with E-state index in [1.54, 1.807) is 0 Å². The number of nitrogens with zero attached hydrogens (tertiary/aromatic N) is 3. The molecular formula is C11H6ClN3O4. The first-order valence-corrected chi connectivity index (χ1v) is 5.37. The Morgan fingerprint density at radius 2 is 2.00 bits per heavy atom. The van der Waals surface area contributed by atoms with E-state index in [0.717, 1.165) is 0 Å². The molecule has 0 amide bonds. The standard InChI is InChI=1S/C11H6ClN3O4/c12-9-2-1-8(15(17)18)3-10(9)19-11-13-4-7(6-16)5-14-11/h1-6H. The highest BCUT2D eigenvalue weighted by Gasteiger charge is 2.12. The fourth-order valence-corrected chi connectivity index (χ4v) is 1.38. The Bertz CT molecular complexity index is 630. The molecule has 0 N–H and O–H groups in total. The van der Waals surface area contributed by atoms with Crippen LogP contribution >= 0.6 is 11.6 Å². The molecule has 1 heterocycles. The second-order valence-electron chi connectivity index (χ2n) is 3.39. The van der Waals surface area contributed by atoms with Crippen LogP contribution in [0.25, 0.3) is 0 Å². The van der Waals surface area contributed by atoms with Gasteiger partial charge in [0.1, 0.15) is 0 Å². The number of ether oxygens (including phenoxy) is 1. The van der Waals surface area contributed by atoms with Gasteiger partial charge in [0.2, 0.25) is 0 Å². The number of non-ortho nitro benzene ring substituents is 1. The van der Waals surface area contributed by atoms with Gasteiger partial charge >= 0.3 is 6.01 Å². The maximum Gasteiger partial charge on any atom is 0.321 e. The molecule has 0 unspecified atom stereocenters. The number of nitro benzene ring substituents is 1. The number of nitro groups is 1. The molecular weight excluding hydrogens is 274 g/mol. The predicted molar refractivity (Wildman–Crippen MR) is 65.6 cm³/mol. The smallest absolute Gasteiger partial charge is 0.321 e. The molecule has 0 fully saturated rings. The molecule has 0 aliphatic rings. The van der Waals surface area contributed by atoms with Gasteiger partial charge < -0.3 is 4.74 Å². The van der Waals surface area contributed by atoms with Gasteiger partial charge in [0, 0.05) is 18.5 Å². The maximum atomic E-state index is 10.6. The van der Waals surface area contributed by atoms with Crippen LogP contribution in [0.4, 0.5) is 5.69 Å². The number of carbonyl (C=O) groups is 1. The summed E-state index contributed by atoms with van der Waals surface area (Å²) in [5, 5.41) is 10.8. The number of hydrogen-bond donors (Lipinski definition) is 0. The van der Waals surface area contributed by atoms with Crippen molar-refractivity contribution >= 4 is 23.6 Å².